The van der Waals surface area contributed by atoms with Gasteiger partial charge < -0.3 is 9.15 Å². The maximum Gasteiger partial charge on any atom is 0.307 e. The number of aryl methyl sites for hydroxylation is 1. The van der Waals surface area contributed by atoms with Crippen LogP contribution in [0.1, 0.15) is 27.2 Å². The first-order valence-electron chi connectivity index (χ1n) is 9.88. The first-order chi connectivity index (χ1) is 15.9. The van der Waals surface area contributed by atoms with Crippen molar-refractivity contribution >= 4 is 44.7 Å². The van der Waals surface area contributed by atoms with E-state index < -0.39 is 10.8 Å². The molecule has 0 saturated heterocycles. The lowest BCUT2D eigenvalue weighted by molar-refractivity contribution is -0.384. The summed E-state index contributed by atoms with van der Waals surface area (Å²) in [7, 11) is 0. The molecule has 8 nitrogen and oxygen atoms in total. The van der Waals surface area contributed by atoms with Crippen LogP contribution in [0.25, 0.3) is 11.0 Å². The van der Waals surface area contributed by atoms with Crippen molar-refractivity contribution < 1.29 is 18.9 Å². The van der Waals surface area contributed by atoms with E-state index in [2.05, 4.69) is 26.5 Å². The van der Waals surface area contributed by atoms with Crippen LogP contribution in [0, 0.1) is 17.0 Å². The van der Waals surface area contributed by atoms with Crippen LogP contribution in [-0.2, 0) is 6.61 Å². The SMILES string of the molecule is Cc1ccc(COc2ccc(Br)cc2/C=N/NC(=O)c2cc3cc([N+](=O)[O-])ccc3o2)cc1. The largest absolute Gasteiger partial charge is 0.488 e. The van der Waals surface area contributed by atoms with Gasteiger partial charge in [-0.3, -0.25) is 14.9 Å². The second-order valence-corrected chi connectivity index (χ2v) is 8.16. The molecule has 1 aromatic heterocycles. The first-order valence-corrected chi connectivity index (χ1v) is 10.7. The van der Waals surface area contributed by atoms with Gasteiger partial charge in [-0.1, -0.05) is 45.8 Å². The summed E-state index contributed by atoms with van der Waals surface area (Å²) < 4.78 is 12.2. The number of fused-ring (bicyclic) bond motifs is 1. The Morgan fingerprint density at radius 3 is 2.70 bits per heavy atom. The van der Waals surface area contributed by atoms with Gasteiger partial charge in [-0.2, -0.15) is 5.10 Å². The van der Waals surface area contributed by atoms with E-state index in [1.165, 1.54) is 36.0 Å². The van der Waals surface area contributed by atoms with Crippen molar-refractivity contribution in [1.29, 1.82) is 0 Å². The average molecular weight is 508 g/mol. The van der Waals surface area contributed by atoms with E-state index in [0.29, 0.717) is 28.9 Å². The number of nitrogens with zero attached hydrogens (tertiary/aromatic N) is 2. The summed E-state index contributed by atoms with van der Waals surface area (Å²) in [6, 6.07) is 19.1. The summed E-state index contributed by atoms with van der Waals surface area (Å²) in [5.74, 6) is 0.0165. The Labute approximate surface area is 197 Å². The Kier molecular flexibility index (Phi) is 6.50. The number of halogens is 1. The zero-order valence-electron chi connectivity index (χ0n) is 17.4. The normalized spacial score (nSPS) is 11.1. The monoisotopic (exact) mass is 507 g/mol. The molecule has 4 rings (SSSR count). The number of nitro benzene ring substituents is 1. The molecular formula is C24H18BrN3O5. The molecule has 0 aliphatic carbocycles. The summed E-state index contributed by atoms with van der Waals surface area (Å²) in [5, 5.41) is 15.4. The highest BCUT2D eigenvalue weighted by Gasteiger charge is 2.14. The second-order valence-electron chi connectivity index (χ2n) is 7.25. The molecule has 0 spiro atoms. The number of amides is 1. The van der Waals surface area contributed by atoms with Crippen LogP contribution in [0.15, 0.2) is 80.7 Å². The minimum atomic E-state index is -0.581. The molecule has 1 N–H and O–H groups in total. The van der Waals surface area contributed by atoms with Crippen molar-refractivity contribution in [2.24, 2.45) is 5.10 Å². The highest BCUT2D eigenvalue weighted by atomic mass is 79.9. The Morgan fingerprint density at radius 1 is 1.15 bits per heavy atom. The third kappa shape index (κ3) is 5.45. The molecule has 0 fully saturated rings. The van der Waals surface area contributed by atoms with Crippen LogP contribution < -0.4 is 10.2 Å². The van der Waals surface area contributed by atoms with Crippen LogP contribution in [0.5, 0.6) is 5.75 Å². The molecule has 1 amide bonds. The quantitative estimate of drug-likeness (QED) is 0.194. The topological polar surface area (TPSA) is 107 Å². The van der Waals surface area contributed by atoms with E-state index in [0.717, 1.165) is 10.0 Å². The van der Waals surface area contributed by atoms with E-state index in [-0.39, 0.29) is 11.4 Å². The average Bonchev–Trinajstić information content (AvgIpc) is 3.23. The number of hydrazone groups is 1. The number of carbonyl (C=O) groups excluding carboxylic acids is 1. The number of hydrogen-bond donors (Lipinski definition) is 1. The molecule has 0 bridgehead atoms. The number of rotatable bonds is 7. The Morgan fingerprint density at radius 2 is 1.94 bits per heavy atom. The van der Waals surface area contributed by atoms with Gasteiger partial charge in [0.1, 0.15) is 17.9 Å². The fourth-order valence-electron chi connectivity index (χ4n) is 3.07. The molecule has 0 saturated carbocycles. The van der Waals surface area contributed by atoms with E-state index in [1.807, 2.05) is 49.4 Å². The predicted molar refractivity (Wildman–Crippen MR) is 128 cm³/mol. The molecule has 0 radical (unpaired) electrons. The molecule has 0 unspecified atom stereocenters. The van der Waals surface area contributed by atoms with E-state index >= 15 is 0 Å². The zero-order valence-corrected chi connectivity index (χ0v) is 19.0. The van der Waals surface area contributed by atoms with E-state index in [1.54, 1.807) is 0 Å². The van der Waals surface area contributed by atoms with Crippen molar-refractivity contribution in [1.82, 2.24) is 5.43 Å². The summed E-state index contributed by atoms with van der Waals surface area (Å²) in [6.45, 7) is 2.41. The van der Waals surface area contributed by atoms with Crippen LogP contribution >= 0.6 is 15.9 Å². The summed E-state index contributed by atoms with van der Waals surface area (Å²) >= 11 is 3.43. The third-order valence-electron chi connectivity index (χ3n) is 4.79. The Hall–Kier alpha value is -3.98. The van der Waals surface area contributed by atoms with Crippen LogP contribution in [0.2, 0.25) is 0 Å². The molecular weight excluding hydrogens is 490 g/mol. The maximum absolute atomic E-state index is 12.4. The molecule has 4 aromatic rings. The van der Waals surface area contributed by atoms with E-state index in [9.17, 15) is 14.9 Å². The second kappa shape index (κ2) is 9.66. The van der Waals surface area contributed by atoms with Crippen molar-refractivity contribution in [3.8, 4) is 5.75 Å². The summed E-state index contributed by atoms with van der Waals surface area (Å²) in [5.41, 5.74) is 5.56. The van der Waals surface area contributed by atoms with Crippen molar-refractivity contribution in [2.45, 2.75) is 13.5 Å². The van der Waals surface area contributed by atoms with Gasteiger partial charge in [0, 0.05) is 27.6 Å². The minimum absolute atomic E-state index is 0.00673. The van der Waals surface area contributed by atoms with Gasteiger partial charge in [-0.15, -0.1) is 0 Å². The van der Waals surface area contributed by atoms with Gasteiger partial charge in [0.25, 0.3) is 5.69 Å². The number of non-ortho nitro benzene ring substituents is 1. The van der Waals surface area contributed by atoms with Gasteiger partial charge in [0.2, 0.25) is 0 Å². The molecule has 3 aromatic carbocycles. The number of ether oxygens (including phenoxy) is 1. The molecule has 166 valence electrons. The highest BCUT2D eigenvalue weighted by molar-refractivity contribution is 9.10. The zero-order chi connectivity index (χ0) is 23.4. The van der Waals surface area contributed by atoms with Crippen LogP contribution in [0.3, 0.4) is 0 Å². The summed E-state index contributed by atoms with van der Waals surface area (Å²) in [4.78, 5) is 22.8. The molecule has 0 atom stereocenters. The highest BCUT2D eigenvalue weighted by Crippen LogP contribution is 2.25. The fourth-order valence-corrected chi connectivity index (χ4v) is 3.45. The first kappa shape index (κ1) is 22.2. The fraction of sp³-hybridized carbons (Fsp3) is 0.0833. The molecule has 9 heteroatoms. The lowest BCUT2D eigenvalue weighted by Gasteiger charge is -2.10. The number of benzene rings is 3. The predicted octanol–water partition coefficient (Wildman–Crippen LogP) is 5.75. The molecule has 1 heterocycles. The maximum atomic E-state index is 12.4. The number of carbonyl (C=O) groups is 1. The van der Waals surface area contributed by atoms with Gasteiger partial charge >= 0.3 is 5.91 Å². The van der Waals surface area contributed by atoms with Gasteiger partial charge in [-0.05, 0) is 42.8 Å². The van der Waals surface area contributed by atoms with E-state index in [4.69, 9.17) is 9.15 Å². The number of hydrogen-bond acceptors (Lipinski definition) is 6. The minimum Gasteiger partial charge on any atom is -0.488 e. The lowest BCUT2D eigenvalue weighted by atomic mass is 10.1. The van der Waals surface area contributed by atoms with Gasteiger partial charge in [-0.25, -0.2) is 5.43 Å². The third-order valence-corrected chi connectivity index (χ3v) is 5.28. The standard InChI is InChI=1S/C24H18BrN3O5/c1-15-2-4-16(5-3-15)14-32-21-8-6-19(25)10-18(21)13-26-27-24(29)23-12-17-11-20(28(30)31)7-9-22(17)33-23/h2-13H,14H2,1H3,(H,27,29)/b26-13+. The molecule has 0 aliphatic rings. The Balaban J connectivity index is 1.45. The van der Waals surface area contributed by atoms with Crippen LogP contribution in [0.4, 0.5) is 5.69 Å². The number of nitrogens with one attached hydrogen (secondary N) is 1. The van der Waals surface area contributed by atoms with Crippen LogP contribution in [-0.4, -0.2) is 17.0 Å². The summed E-state index contributed by atoms with van der Waals surface area (Å²) in [6.07, 6.45) is 1.47. The Bertz CT molecular complexity index is 1360. The van der Waals surface area contributed by atoms with Gasteiger partial charge in [0.05, 0.1) is 11.1 Å². The number of nitro groups is 1. The van der Waals surface area contributed by atoms with Crippen molar-refractivity contribution in [3.63, 3.8) is 0 Å². The smallest absolute Gasteiger partial charge is 0.307 e. The molecule has 0 aliphatic heterocycles. The van der Waals surface area contributed by atoms with Crippen molar-refractivity contribution in [2.75, 3.05) is 0 Å². The lowest BCUT2D eigenvalue weighted by Crippen LogP contribution is -2.16. The number of furan rings is 1. The van der Waals surface area contributed by atoms with Gasteiger partial charge in [0.15, 0.2) is 5.76 Å². The molecule has 33 heavy (non-hydrogen) atoms. The van der Waals surface area contributed by atoms with Crippen molar-refractivity contribution in [3.05, 3.63) is 104 Å².